The molecule has 0 spiro atoms. The van der Waals surface area contributed by atoms with Crippen molar-refractivity contribution < 1.29 is 9.52 Å². The fourth-order valence-electron chi connectivity index (χ4n) is 3.43. The van der Waals surface area contributed by atoms with Crippen LogP contribution in [-0.4, -0.2) is 35.2 Å². The van der Waals surface area contributed by atoms with Crippen molar-refractivity contribution in [3.05, 3.63) is 41.3 Å². The Morgan fingerprint density at radius 3 is 2.61 bits per heavy atom. The molecule has 1 aliphatic rings. The Labute approximate surface area is 138 Å². The van der Waals surface area contributed by atoms with E-state index < -0.39 is 0 Å². The van der Waals surface area contributed by atoms with E-state index in [0.29, 0.717) is 5.89 Å². The van der Waals surface area contributed by atoms with Gasteiger partial charge in [0.1, 0.15) is 5.76 Å². The van der Waals surface area contributed by atoms with Crippen LogP contribution in [0.25, 0.3) is 11.5 Å². The normalized spacial score (nSPS) is 16.6. The average molecular weight is 314 g/mol. The molecule has 3 rings (SSSR count). The molecular formula is C19H26N2O2. The minimum Gasteiger partial charge on any atom is -0.441 e. The van der Waals surface area contributed by atoms with Gasteiger partial charge in [0.15, 0.2) is 0 Å². The zero-order valence-electron chi connectivity index (χ0n) is 14.3. The summed E-state index contributed by atoms with van der Waals surface area (Å²) in [7, 11) is 2.09. The van der Waals surface area contributed by atoms with Crippen LogP contribution < -0.4 is 0 Å². The molecule has 0 unspecified atom stereocenters. The second-order valence-electron chi connectivity index (χ2n) is 7.02. The number of hydrogen-bond donors (Lipinski definition) is 1. The van der Waals surface area contributed by atoms with E-state index in [1.165, 1.54) is 12.0 Å². The van der Waals surface area contributed by atoms with Crippen molar-refractivity contribution >= 4 is 0 Å². The molecule has 0 atom stereocenters. The van der Waals surface area contributed by atoms with Gasteiger partial charge < -0.3 is 9.52 Å². The number of aryl methyl sites for hydroxylation is 2. The molecule has 0 aliphatic heterocycles. The van der Waals surface area contributed by atoms with Gasteiger partial charge in [0.05, 0.1) is 5.69 Å². The second-order valence-corrected chi connectivity index (χ2v) is 7.02. The van der Waals surface area contributed by atoms with Gasteiger partial charge in [0.25, 0.3) is 0 Å². The van der Waals surface area contributed by atoms with Gasteiger partial charge >= 0.3 is 0 Å². The molecule has 1 N–H and O–H groups in total. The van der Waals surface area contributed by atoms with Crippen LogP contribution in [0.2, 0.25) is 0 Å². The molecule has 1 aliphatic carbocycles. The number of hydrogen-bond acceptors (Lipinski definition) is 4. The van der Waals surface area contributed by atoms with Gasteiger partial charge in [-0.3, -0.25) is 4.90 Å². The van der Waals surface area contributed by atoms with Crippen molar-refractivity contribution in [2.45, 2.75) is 39.7 Å². The van der Waals surface area contributed by atoms with Crippen molar-refractivity contribution in [3.8, 4) is 11.5 Å². The summed E-state index contributed by atoms with van der Waals surface area (Å²) in [5.74, 6) is 1.58. The van der Waals surface area contributed by atoms with Crippen LogP contribution in [0, 0.1) is 19.3 Å². The Kier molecular flexibility index (Phi) is 4.55. The zero-order chi connectivity index (χ0) is 16.4. The molecule has 124 valence electrons. The van der Waals surface area contributed by atoms with Crippen LogP contribution in [0.15, 0.2) is 28.7 Å². The predicted octanol–water partition coefficient (Wildman–Crippen LogP) is 3.55. The van der Waals surface area contributed by atoms with E-state index in [1.807, 2.05) is 25.1 Å². The Hall–Kier alpha value is -1.65. The van der Waals surface area contributed by atoms with Gasteiger partial charge in [-0.1, -0.05) is 24.6 Å². The number of aromatic nitrogens is 1. The molecule has 1 saturated carbocycles. The molecule has 2 aromatic rings. The molecule has 4 nitrogen and oxygen atoms in total. The zero-order valence-corrected chi connectivity index (χ0v) is 14.3. The van der Waals surface area contributed by atoms with Crippen LogP contribution >= 0.6 is 0 Å². The van der Waals surface area contributed by atoms with Gasteiger partial charge in [0, 0.05) is 30.7 Å². The van der Waals surface area contributed by atoms with Crippen molar-refractivity contribution in [3.63, 3.8) is 0 Å². The number of rotatable bonds is 6. The highest BCUT2D eigenvalue weighted by Crippen LogP contribution is 2.41. The van der Waals surface area contributed by atoms with E-state index >= 15 is 0 Å². The second kappa shape index (κ2) is 6.46. The number of aliphatic hydroxyl groups excluding tert-OH is 1. The Morgan fingerprint density at radius 2 is 2.00 bits per heavy atom. The van der Waals surface area contributed by atoms with E-state index in [2.05, 4.69) is 24.9 Å². The average Bonchev–Trinajstić information content (AvgIpc) is 2.84. The first-order chi connectivity index (χ1) is 11.0. The molecule has 4 heteroatoms. The summed E-state index contributed by atoms with van der Waals surface area (Å²) in [5, 5.41) is 9.63. The third-order valence-corrected chi connectivity index (χ3v) is 5.04. The van der Waals surface area contributed by atoms with Crippen LogP contribution in [0.4, 0.5) is 0 Å². The molecule has 1 aromatic heterocycles. The Bertz CT molecular complexity index is 668. The fourth-order valence-corrected chi connectivity index (χ4v) is 3.43. The van der Waals surface area contributed by atoms with E-state index in [1.54, 1.807) is 0 Å². The molecule has 0 radical (unpaired) electrons. The molecular weight excluding hydrogens is 288 g/mol. The number of aliphatic hydroxyl groups is 1. The first-order valence-corrected chi connectivity index (χ1v) is 8.35. The lowest BCUT2D eigenvalue weighted by molar-refractivity contribution is 0.0124. The summed E-state index contributed by atoms with van der Waals surface area (Å²) in [5.41, 5.74) is 3.31. The minimum atomic E-state index is 0.102. The van der Waals surface area contributed by atoms with E-state index in [0.717, 1.165) is 42.9 Å². The van der Waals surface area contributed by atoms with Gasteiger partial charge in [-0.2, -0.15) is 0 Å². The first-order valence-electron chi connectivity index (χ1n) is 8.35. The maximum Gasteiger partial charge on any atom is 0.226 e. The SMILES string of the molecule is Cc1ccccc1-c1nc(CN(C)CC2(CO)CCC2)c(C)o1. The van der Waals surface area contributed by atoms with Crippen LogP contribution in [0.1, 0.15) is 36.3 Å². The summed E-state index contributed by atoms with van der Waals surface area (Å²) < 4.78 is 5.89. The number of oxazole rings is 1. The first kappa shape index (κ1) is 16.2. The largest absolute Gasteiger partial charge is 0.441 e. The molecule has 1 fully saturated rings. The van der Waals surface area contributed by atoms with Crippen LogP contribution in [0.5, 0.6) is 0 Å². The highest BCUT2D eigenvalue weighted by atomic mass is 16.4. The van der Waals surface area contributed by atoms with Gasteiger partial charge in [-0.15, -0.1) is 0 Å². The van der Waals surface area contributed by atoms with E-state index in [9.17, 15) is 5.11 Å². The molecule has 1 aromatic carbocycles. The third kappa shape index (κ3) is 3.33. The summed E-state index contributed by atoms with van der Waals surface area (Å²) in [4.78, 5) is 6.96. The third-order valence-electron chi connectivity index (χ3n) is 5.04. The molecule has 1 heterocycles. The lowest BCUT2D eigenvalue weighted by atomic mass is 9.69. The monoisotopic (exact) mass is 314 g/mol. The van der Waals surface area contributed by atoms with Gasteiger partial charge in [0.2, 0.25) is 5.89 Å². The Balaban J connectivity index is 1.73. The molecule has 0 amide bonds. The molecule has 0 bridgehead atoms. The highest BCUT2D eigenvalue weighted by molar-refractivity contribution is 5.58. The Morgan fingerprint density at radius 1 is 1.26 bits per heavy atom. The lowest BCUT2D eigenvalue weighted by Gasteiger charge is -2.42. The summed E-state index contributed by atoms with van der Waals surface area (Å²) in [6, 6.07) is 8.15. The van der Waals surface area contributed by atoms with Gasteiger partial charge in [-0.25, -0.2) is 4.98 Å². The highest BCUT2D eigenvalue weighted by Gasteiger charge is 2.37. The maximum absolute atomic E-state index is 9.63. The summed E-state index contributed by atoms with van der Waals surface area (Å²) in [6.45, 7) is 5.99. The van der Waals surface area contributed by atoms with Gasteiger partial charge in [-0.05, 0) is 45.4 Å². The summed E-state index contributed by atoms with van der Waals surface area (Å²) in [6.07, 6.45) is 3.48. The smallest absolute Gasteiger partial charge is 0.226 e. The topological polar surface area (TPSA) is 49.5 Å². The van der Waals surface area contributed by atoms with Crippen LogP contribution in [-0.2, 0) is 6.54 Å². The number of benzene rings is 1. The van der Waals surface area contributed by atoms with Crippen molar-refractivity contribution in [1.82, 2.24) is 9.88 Å². The maximum atomic E-state index is 9.63. The fraction of sp³-hybridized carbons (Fsp3) is 0.526. The van der Waals surface area contributed by atoms with Crippen molar-refractivity contribution in [2.75, 3.05) is 20.2 Å². The van der Waals surface area contributed by atoms with E-state index in [-0.39, 0.29) is 12.0 Å². The van der Waals surface area contributed by atoms with Crippen molar-refractivity contribution in [1.29, 1.82) is 0 Å². The van der Waals surface area contributed by atoms with Crippen molar-refractivity contribution in [2.24, 2.45) is 5.41 Å². The predicted molar refractivity (Wildman–Crippen MR) is 91.1 cm³/mol. The molecule has 23 heavy (non-hydrogen) atoms. The number of nitrogens with zero attached hydrogens (tertiary/aromatic N) is 2. The lowest BCUT2D eigenvalue weighted by Crippen LogP contribution is -2.43. The quantitative estimate of drug-likeness (QED) is 0.886. The summed E-state index contributed by atoms with van der Waals surface area (Å²) >= 11 is 0. The molecule has 0 saturated heterocycles. The standard InChI is InChI=1S/C19H26N2O2/c1-14-7-4-5-8-16(14)18-20-17(15(2)23-18)11-21(3)12-19(13-22)9-6-10-19/h4-5,7-8,22H,6,9-13H2,1-3H3. The van der Waals surface area contributed by atoms with E-state index in [4.69, 9.17) is 9.40 Å². The van der Waals surface area contributed by atoms with Crippen LogP contribution in [0.3, 0.4) is 0 Å². The minimum absolute atomic E-state index is 0.102.